The molecule has 1 saturated heterocycles. The van der Waals surface area contributed by atoms with E-state index >= 15 is 0 Å². The Morgan fingerprint density at radius 3 is 2.79 bits per heavy atom. The van der Waals surface area contributed by atoms with Crippen molar-refractivity contribution in [2.45, 2.75) is 25.8 Å². The molecule has 1 saturated carbocycles. The van der Waals surface area contributed by atoms with Crippen LogP contribution in [0.2, 0.25) is 0 Å². The van der Waals surface area contributed by atoms with Crippen molar-refractivity contribution in [2.24, 2.45) is 11.3 Å². The van der Waals surface area contributed by atoms with Gasteiger partial charge in [-0.15, -0.1) is 0 Å². The van der Waals surface area contributed by atoms with Gasteiger partial charge in [-0.2, -0.15) is 0 Å². The summed E-state index contributed by atoms with van der Waals surface area (Å²) in [4.78, 5) is 14.0. The highest BCUT2D eigenvalue weighted by molar-refractivity contribution is 5.73. The first-order valence-electron chi connectivity index (χ1n) is 7.05. The van der Waals surface area contributed by atoms with Crippen molar-refractivity contribution in [3.05, 3.63) is 35.9 Å². The Labute approximate surface area is 114 Å². The number of esters is 1. The lowest BCUT2D eigenvalue weighted by Gasteiger charge is -2.43. The first-order chi connectivity index (χ1) is 9.21. The summed E-state index contributed by atoms with van der Waals surface area (Å²) in [7, 11) is 1.49. The van der Waals surface area contributed by atoms with Gasteiger partial charge in [-0.3, -0.25) is 9.69 Å². The van der Waals surface area contributed by atoms with Crippen molar-refractivity contribution >= 4 is 5.97 Å². The van der Waals surface area contributed by atoms with Crippen molar-refractivity contribution in [3.63, 3.8) is 0 Å². The van der Waals surface area contributed by atoms with Crippen LogP contribution in [-0.2, 0) is 16.1 Å². The smallest absolute Gasteiger partial charge is 0.308 e. The molecule has 1 spiro atoms. The molecule has 3 heteroatoms. The molecule has 1 aromatic carbocycles. The summed E-state index contributed by atoms with van der Waals surface area (Å²) in [6.07, 6.45) is 3.27. The molecular weight excluding hydrogens is 238 g/mol. The average Bonchev–Trinajstić information content (AvgIpc) is 2.81. The molecule has 0 bridgehead atoms. The highest BCUT2D eigenvalue weighted by Gasteiger charge is 2.51. The van der Waals surface area contributed by atoms with Gasteiger partial charge in [0.2, 0.25) is 0 Å². The number of methoxy groups -OCH3 is 1. The second-order valence-corrected chi connectivity index (χ2v) is 6.07. The molecule has 0 aromatic heterocycles. The van der Waals surface area contributed by atoms with Crippen LogP contribution in [0.4, 0.5) is 0 Å². The molecule has 1 aliphatic carbocycles. The fourth-order valence-corrected chi connectivity index (χ4v) is 3.66. The highest BCUT2D eigenvalue weighted by atomic mass is 16.5. The minimum atomic E-state index is -0.0212. The number of benzene rings is 1. The molecule has 19 heavy (non-hydrogen) atoms. The van der Waals surface area contributed by atoms with E-state index in [1.54, 1.807) is 0 Å². The number of hydrogen-bond donors (Lipinski definition) is 0. The minimum Gasteiger partial charge on any atom is -0.469 e. The molecule has 2 fully saturated rings. The maximum atomic E-state index is 11.5. The molecule has 1 aliphatic heterocycles. The highest BCUT2D eigenvalue weighted by Crippen LogP contribution is 2.52. The Balaban J connectivity index is 1.53. The van der Waals surface area contributed by atoms with Crippen molar-refractivity contribution in [1.29, 1.82) is 0 Å². The molecule has 0 atom stereocenters. The summed E-state index contributed by atoms with van der Waals surface area (Å²) < 4.78 is 4.83. The molecular formula is C16H21NO2. The van der Waals surface area contributed by atoms with Crippen LogP contribution in [0, 0.1) is 11.3 Å². The van der Waals surface area contributed by atoms with Gasteiger partial charge in [0.15, 0.2) is 0 Å². The van der Waals surface area contributed by atoms with Crippen LogP contribution in [0.3, 0.4) is 0 Å². The van der Waals surface area contributed by atoms with E-state index in [1.807, 2.05) is 0 Å². The largest absolute Gasteiger partial charge is 0.469 e. The Hall–Kier alpha value is -1.35. The van der Waals surface area contributed by atoms with Gasteiger partial charge < -0.3 is 4.74 Å². The zero-order valence-electron chi connectivity index (χ0n) is 11.5. The molecule has 0 unspecified atom stereocenters. The predicted molar refractivity (Wildman–Crippen MR) is 73.5 cm³/mol. The van der Waals surface area contributed by atoms with E-state index in [0.717, 1.165) is 32.5 Å². The van der Waals surface area contributed by atoms with Crippen LogP contribution in [0.25, 0.3) is 0 Å². The molecule has 3 nitrogen and oxygen atoms in total. The van der Waals surface area contributed by atoms with Crippen molar-refractivity contribution in [1.82, 2.24) is 4.90 Å². The minimum absolute atomic E-state index is 0.0212. The molecule has 0 N–H and O–H groups in total. The van der Waals surface area contributed by atoms with E-state index < -0.39 is 0 Å². The van der Waals surface area contributed by atoms with E-state index in [1.165, 1.54) is 19.1 Å². The molecule has 1 aromatic rings. The maximum Gasteiger partial charge on any atom is 0.308 e. The second kappa shape index (κ2) is 4.97. The average molecular weight is 259 g/mol. The van der Waals surface area contributed by atoms with Crippen LogP contribution in [0.1, 0.15) is 24.8 Å². The Bertz CT molecular complexity index is 451. The van der Waals surface area contributed by atoms with Gasteiger partial charge in [0.25, 0.3) is 0 Å². The zero-order valence-corrected chi connectivity index (χ0v) is 11.5. The number of carbonyl (C=O) groups excluding carboxylic acids is 1. The summed E-state index contributed by atoms with van der Waals surface area (Å²) in [5, 5.41) is 0. The quantitative estimate of drug-likeness (QED) is 0.781. The fraction of sp³-hybridized carbons (Fsp3) is 0.562. The molecule has 1 heterocycles. The topological polar surface area (TPSA) is 29.5 Å². The third kappa shape index (κ3) is 2.52. The van der Waals surface area contributed by atoms with Gasteiger partial charge in [0, 0.05) is 13.1 Å². The number of rotatable bonds is 3. The van der Waals surface area contributed by atoms with Gasteiger partial charge >= 0.3 is 5.97 Å². The maximum absolute atomic E-state index is 11.5. The summed E-state index contributed by atoms with van der Waals surface area (Å²) >= 11 is 0. The van der Waals surface area contributed by atoms with Crippen molar-refractivity contribution in [3.8, 4) is 0 Å². The van der Waals surface area contributed by atoms with E-state index in [2.05, 4.69) is 35.2 Å². The first-order valence-corrected chi connectivity index (χ1v) is 7.05. The Morgan fingerprint density at radius 1 is 1.37 bits per heavy atom. The third-order valence-electron chi connectivity index (χ3n) is 4.66. The van der Waals surface area contributed by atoms with E-state index in [0.29, 0.717) is 5.41 Å². The molecule has 0 radical (unpaired) electrons. The number of hydrogen-bond acceptors (Lipinski definition) is 3. The molecule has 0 amide bonds. The second-order valence-electron chi connectivity index (χ2n) is 6.07. The zero-order chi connectivity index (χ0) is 13.3. The lowest BCUT2D eigenvalue weighted by atomic mass is 9.61. The van der Waals surface area contributed by atoms with E-state index in [4.69, 9.17) is 4.74 Å². The van der Waals surface area contributed by atoms with Crippen molar-refractivity contribution in [2.75, 3.05) is 20.2 Å². The van der Waals surface area contributed by atoms with Crippen LogP contribution < -0.4 is 0 Å². The van der Waals surface area contributed by atoms with Gasteiger partial charge in [-0.1, -0.05) is 30.3 Å². The van der Waals surface area contributed by atoms with Crippen LogP contribution >= 0.6 is 0 Å². The Kier molecular flexibility index (Phi) is 3.31. The van der Waals surface area contributed by atoms with Crippen LogP contribution in [0.5, 0.6) is 0 Å². The number of likely N-dealkylation sites (tertiary alicyclic amines) is 1. The van der Waals surface area contributed by atoms with E-state index in [-0.39, 0.29) is 11.9 Å². The van der Waals surface area contributed by atoms with Crippen LogP contribution in [0.15, 0.2) is 30.3 Å². The third-order valence-corrected chi connectivity index (χ3v) is 4.66. The van der Waals surface area contributed by atoms with Gasteiger partial charge in [-0.25, -0.2) is 0 Å². The molecule has 2 aliphatic rings. The SMILES string of the molecule is COC(=O)C1CC2(CCN(Cc3ccccc3)C2)C1. The molecule has 102 valence electrons. The van der Waals surface area contributed by atoms with Crippen molar-refractivity contribution < 1.29 is 9.53 Å². The summed E-state index contributed by atoms with van der Waals surface area (Å²) in [6, 6.07) is 10.6. The van der Waals surface area contributed by atoms with Gasteiger partial charge in [-0.05, 0) is 36.8 Å². The van der Waals surface area contributed by atoms with Gasteiger partial charge in [0.05, 0.1) is 13.0 Å². The number of ether oxygens (including phenoxy) is 1. The summed E-state index contributed by atoms with van der Waals surface area (Å²) in [5.74, 6) is 0.133. The van der Waals surface area contributed by atoms with Gasteiger partial charge in [0.1, 0.15) is 0 Å². The normalized spacial score (nSPS) is 30.3. The predicted octanol–water partition coefficient (Wildman–Crippen LogP) is 2.46. The standard InChI is InChI=1S/C16H21NO2/c1-19-15(18)14-9-16(10-14)7-8-17(12-16)11-13-5-3-2-4-6-13/h2-6,14H,7-12H2,1H3. The number of carbonyl (C=O) groups is 1. The lowest BCUT2D eigenvalue weighted by molar-refractivity contribution is -0.153. The van der Waals surface area contributed by atoms with E-state index in [9.17, 15) is 4.79 Å². The van der Waals surface area contributed by atoms with Crippen LogP contribution in [-0.4, -0.2) is 31.1 Å². The summed E-state index contributed by atoms with van der Waals surface area (Å²) in [5.41, 5.74) is 1.77. The molecule has 3 rings (SSSR count). The fourth-order valence-electron chi connectivity index (χ4n) is 3.66. The lowest BCUT2D eigenvalue weighted by Crippen LogP contribution is -2.43. The monoisotopic (exact) mass is 259 g/mol. The Morgan fingerprint density at radius 2 is 2.11 bits per heavy atom. The summed E-state index contributed by atoms with van der Waals surface area (Å²) in [6.45, 7) is 3.32. The first kappa shape index (κ1) is 12.7. The number of nitrogens with zero attached hydrogens (tertiary/aromatic N) is 1.